The van der Waals surface area contributed by atoms with Gasteiger partial charge in [-0.15, -0.1) is 0 Å². The fraction of sp³-hybridized carbons (Fsp3) is 0.462. The number of hydrogen-bond donors (Lipinski definition) is 1. The number of nitrogens with one attached hydrogen (secondary N) is 1. The third kappa shape index (κ3) is 2.46. The second-order valence-corrected chi connectivity index (χ2v) is 5.19. The number of carbonyl (C=O) groups is 1. The summed E-state index contributed by atoms with van der Waals surface area (Å²) in [6.45, 7) is 2.10. The van der Waals surface area contributed by atoms with Crippen LogP contribution in [0.4, 0.5) is 5.69 Å². The molecule has 0 radical (unpaired) electrons. The first-order valence-electron chi connectivity index (χ1n) is 5.80. The van der Waals surface area contributed by atoms with Gasteiger partial charge in [-0.1, -0.05) is 29.3 Å². The first kappa shape index (κ1) is 11.6. The monoisotopic (exact) mass is 281 g/mol. The topological polar surface area (TPSA) is 29.1 Å². The summed E-state index contributed by atoms with van der Waals surface area (Å²) < 4.78 is 1.06. The van der Waals surface area contributed by atoms with Gasteiger partial charge >= 0.3 is 0 Å². The lowest BCUT2D eigenvalue weighted by molar-refractivity contribution is -0.122. The molecule has 1 N–H and O–H groups in total. The van der Waals surface area contributed by atoms with Crippen molar-refractivity contribution in [3.63, 3.8) is 0 Å². The van der Waals surface area contributed by atoms with Crippen LogP contribution in [0.25, 0.3) is 0 Å². The molecule has 1 aromatic carbocycles. The molecule has 2 rings (SSSR count). The van der Waals surface area contributed by atoms with E-state index in [0.717, 1.165) is 29.4 Å². The Bertz CT molecular complexity index is 399. The minimum absolute atomic E-state index is 0.184. The lowest BCUT2D eigenvalue weighted by atomic mass is 9.85. The normalized spacial score (nSPS) is 15.6. The van der Waals surface area contributed by atoms with Crippen molar-refractivity contribution >= 4 is 27.5 Å². The Hall–Kier alpha value is -0.830. The van der Waals surface area contributed by atoms with Crippen LogP contribution in [0.3, 0.4) is 0 Å². The highest BCUT2D eigenvalue weighted by atomic mass is 79.9. The van der Waals surface area contributed by atoms with Gasteiger partial charge in [-0.3, -0.25) is 4.79 Å². The Morgan fingerprint density at radius 3 is 2.81 bits per heavy atom. The van der Waals surface area contributed by atoms with Crippen LogP contribution in [-0.2, 0) is 11.2 Å². The molecule has 1 aliphatic rings. The molecule has 0 atom stereocenters. The molecule has 0 unspecified atom stereocenters. The maximum absolute atomic E-state index is 11.8. The van der Waals surface area contributed by atoms with Gasteiger partial charge in [-0.25, -0.2) is 0 Å². The predicted molar refractivity (Wildman–Crippen MR) is 69.5 cm³/mol. The van der Waals surface area contributed by atoms with Gasteiger partial charge in [0, 0.05) is 16.1 Å². The van der Waals surface area contributed by atoms with E-state index in [-0.39, 0.29) is 11.8 Å². The van der Waals surface area contributed by atoms with Gasteiger partial charge in [0.1, 0.15) is 0 Å². The summed E-state index contributed by atoms with van der Waals surface area (Å²) in [5.41, 5.74) is 2.14. The minimum atomic E-state index is 0.184. The van der Waals surface area contributed by atoms with Crippen molar-refractivity contribution in [2.45, 2.75) is 32.6 Å². The lowest BCUT2D eigenvalue weighted by Crippen LogP contribution is -2.28. The average Bonchev–Trinajstić information content (AvgIpc) is 2.18. The molecule has 3 heteroatoms. The molecule has 0 spiro atoms. The van der Waals surface area contributed by atoms with E-state index in [4.69, 9.17) is 0 Å². The summed E-state index contributed by atoms with van der Waals surface area (Å²) in [7, 11) is 0. The second kappa shape index (κ2) is 5.00. The number of anilines is 1. The molecule has 1 aliphatic carbocycles. The van der Waals surface area contributed by atoms with Gasteiger partial charge in [0.05, 0.1) is 0 Å². The van der Waals surface area contributed by atoms with Crippen molar-refractivity contribution in [2.24, 2.45) is 5.92 Å². The molecular weight excluding hydrogens is 266 g/mol. The highest BCUT2D eigenvalue weighted by molar-refractivity contribution is 9.10. The van der Waals surface area contributed by atoms with E-state index in [1.54, 1.807) is 0 Å². The summed E-state index contributed by atoms with van der Waals surface area (Å²) in [6, 6.07) is 6.01. The highest BCUT2D eigenvalue weighted by Crippen LogP contribution is 2.29. The second-order valence-electron chi connectivity index (χ2n) is 4.27. The van der Waals surface area contributed by atoms with Crippen LogP contribution in [0.15, 0.2) is 22.7 Å². The third-order valence-electron chi connectivity index (χ3n) is 3.18. The zero-order valence-electron chi connectivity index (χ0n) is 9.42. The van der Waals surface area contributed by atoms with E-state index in [1.807, 2.05) is 12.1 Å². The quantitative estimate of drug-likeness (QED) is 0.898. The fourth-order valence-corrected chi connectivity index (χ4v) is 2.29. The Morgan fingerprint density at radius 2 is 2.25 bits per heavy atom. The van der Waals surface area contributed by atoms with E-state index in [2.05, 4.69) is 34.2 Å². The van der Waals surface area contributed by atoms with Crippen molar-refractivity contribution in [2.75, 3.05) is 5.32 Å². The number of aryl methyl sites for hydroxylation is 1. The van der Waals surface area contributed by atoms with Crippen LogP contribution >= 0.6 is 15.9 Å². The molecule has 86 valence electrons. The van der Waals surface area contributed by atoms with Crippen molar-refractivity contribution in [3.05, 3.63) is 28.2 Å². The number of halogens is 1. The molecule has 1 amide bonds. The Labute approximate surface area is 105 Å². The van der Waals surface area contributed by atoms with Gasteiger partial charge < -0.3 is 5.32 Å². The van der Waals surface area contributed by atoms with E-state index < -0.39 is 0 Å². The Morgan fingerprint density at radius 1 is 1.50 bits per heavy atom. The van der Waals surface area contributed by atoms with Gasteiger partial charge in [0.15, 0.2) is 0 Å². The number of rotatable bonds is 3. The molecule has 1 saturated carbocycles. The van der Waals surface area contributed by atoms with E-state index in [0.29, 0.717) is 0 Å². The predicted octanol–water partition coefficient (Wildman–Crippen LogP) is 3.75. The highest BCUT2D eigenvalue weighted by Gasteiger charge is 2.25. The van der Waals surface area contributed by atoms with Crippen molar-refractivity contribution in [1.29, 1.82) is 0 Å². The standard InChI is InChI=1S/C13H16BrNO/c1-2-9-8-11(14)6-7-12(9)15-13(16)10-4-3-5-10/h6-8,10H,2-5H2,1H3,(H,15,16). The van der Waals surface area contributed by atoms with Gasteiger partial charge in [-0.05, 0) is 43.0 Å². The molecule has 0 heterocycles. The van der Waals surface area contributed by atoms with Crippen LogP contribution in [0.2, 0.25) is 0 Å². The molecule has 1 aromatic rings. The lowest BCUT2D eigenvalue weighted by Gasteiger charge is -2.24. The SMILES string of the molecule is CCc1cc(Br)ccc1NC(=O)C1CCC1. The van der Waals surface area contributed by atoms with E-state index in [9.17, 15) is 4.79 Å². The molecule has 0 bridgehead atoms. The Kier molecular flexibility index (Phi) is 3.64. The number of carbonyl (C=O) groups excluding carboxylic acids is 1. The van der Waals surface area contributed by atoms with E-state index in [1.165, 1.54) is 12.0 Å². The van der Waals surface area contributed by atoms with E-state index >= 15 is 0 Å². The van der Waals surface area contributed by atoms with Crippen molar-refractivity contribution in [1.82, 2.24) is 0 Å². The largest absolute Gasteiger partial charge is 0.326 e. The molecule has 2 nitrogen and oxygen atoms in total. The first-order chi connectivity index (χ1) is 7.70. The van der Waals surface area contributed by atoms with Crippen LogP contribution in [0.1, 0.15) is 31.7 Å². The molecule has 16 heavy (non-hydrogen) atoms. The van der Waals surface area contributed by atoms with Gasteiger partial charge in [0.2, 0.25) is 5.91 Å². The van der Waals surface area contributed by atoms with Gasteiger partial charge in [-0.2, -0.15) is 0 Å². The van der Waals surface area contributed by atoms with Crippen LogP contribution in [-0.4, -0.2) is 5.91 Å². The number of hydrogen-bond acceptors (Lipinski definition) is 1. The molecule has 0 aromatic heterocycles. The molecule has 0 saturated heterocycles. The minimum Gasteiger partial charge on any atom is -0.326 e. The first-order valence-corrected chi connectivity index (χ1v) is 6.59. The Balaban J connectivity index is 2.10. The fourth-order valence-electron chi connectivity index (χ4n) is 1.88. The number of amides is 1. The smallest absolute Gasteiger partial charge is 0.227 e. The maximum Gasteiger partial charge on any atom is 0.227 e. The van der Waals surface area contributed by atoms with Crippen molar-refractivity contribution in [3.8, 4) is 0 Å². The summed E-state index contributed by atoms with van der Waals surface area (Å²) in [4.78, 5) is 11.8. The molecule has 0 aliphatic heterocycles. The van der Waals surface area contributed by atoms with Crippen LogP contribution < -0.4 is 5.32 Å². The van der Waals surface area contributed by atoms with Crippen LogP contribution in [0, 0.1) is 5.92 Å². The third-order valence-corrected chi connectivity index (χ3v) is 3.68. The molecular formula is C13H16BrNO. The van der Waals surface area contributed by atoms with Gasteiger partial charge in [0.25, 0.3) is 0 Å². The maximum atomic E-state index is 11.8. The average molecular weight is 282 g/mol. The van der Waals surface area contributed by atoms with Crippen molar-refractivity contribution < 1.29 is 4.79 Å². The summed E-state index contributed by atoms with van der Waals surface area (Å²) in [5.74, 6) is 0.427. The summed E-state index contributed by atoms with van der Waals surface area (Å²) >= 11 is 3.44. The summed E-state index contributed by atoms with van der Waals surface area (Å²) in [6.07, 6.45) is 4.21. The number of benzene rings is 1. The van der Waals surface area contributed by atoms with Crippen LogP contribution in [0.5, 0.6) is 0 Å². The zero-order valence-corrected chi connectivity index (χ0v) is 11.0. The summed E-state index contributed by atoms with van der Waals surface area (Å²) in [5, 5.41) is 3.03. The zero-order chi connectivity index (χ0) is 11.5. The molecule has 1 fully saturated rings.